The Labute approximate surface area is 111 Å². The number of aromatic nitrogens is 1. The summed E-state index contributed by atoms with van der Waals surface area (Å²) < 4.78 is 39.5. The average molecular weight is 275 g/mol. The van der Waals surface area contributed by atoms with E-state index < -0.39 is 23.2 Å². The van der Waals surface area contributed by atoms with Gasteiger partial charge >= 0.3 is 0 Å². The van der Waals surface area contributed by atoms with Crippen LogP contribution in [-0.4, -0.2) is 10.8 Å². The molecule has 0 radical (unpaired) electrons. The summed E-state index contributed by atoms with van der Waals surface area (Å²) in [7, 11) is 0. The summed E-state index contributed by atoms with van der Waals surface area (Å²) >= 11 is 0. The number of ketones is 1. The fourth-order valence-electron chi connectivity index (χ4n) is 2.12. The third kappa shape index (κ3) is 2.07. The van der Waals surface area contributed by atoms with E-state index in [0.29, 0.717) is 17.0 Å². The van der Waals surface area contributed by atoms with Crippen LogP contribution in [0.5, 0.6) is 0 Å². The smallest absolute Gasteiger partial charge is 0.195 e. The normalized spacial score (nSPS) is 10.9. The molecule has 5 heteroatoms. The molecule has 20 heavy (non-hydrogen) atoms. The monoisotopic (exact) mass is 275 g/mol. The van der Waals surface area contributed by atoms with Gasteiger partial charge in [-0.05, 0) is 30.3 Å². The molecular formula is C15H8F3NO. The summed E-state index contributed by atoms with van der Waals surface area (Å²) in [6.45, 7) is 0. The van der Waals surface area contributed by atoms with Crippen molar-refractivity contribution in [2.24, 2.45) is 0 Å². The molecule has 0 aliphatic carbocycles. The van der Waals surface area contributed by atoms with Crippen LogP contribution in [0.4, 0.5) is 13.2 Å². The summed E-state index contributed by atoms with van der Waals surface area (Å²) in [5, 5.41) is 0.375. The molecule has 2 nitrogen and oxygen atoms in total. The molecule has 100 valence electrons. The van der Waals surface area contributed by atoms with Gasteiger partial charge in [0.25, 0.3) is 0 Å². The highest BCUT2D eigenvalue weighted by atomic mass is 19.1. The fraction of sp³-hybridized carbons (Fsp3) is 0. The average Bonchev–Trinajstić information content (AvgIpc) is 2.79. The standard InChI is InChI=1S/C15H8F3NO/c16-9-1-2-14-12(6-9)13(7-19-14)15(20)8-3-10(17)5-11(18)4-8/h1-7,19H. The molecule has 3 rings (SSSR count). The first-order chi connectivity index (χ1) is 9.54. The molecule has 2 aromatic carbocycles. The van der Waals surface area contributed by atoms with Crippen molar-refractivity contribution in [1.82, 2.24) is 4.98 Å². The van der Waals surface area contributed by atoms with Crippen LogP contribution in [0.2, 0.25) is 0 Å². The number of fused-ring (bicyclic) bond motifs is 1. The number of carbonyl (C=O) groups excluding carboxylic acids is 1. The van der Waals surface area contributed by atoms with Crippen molar-refractivity contribution in [3.8, 4) is 0 Å². The van der Waals surface area contributed by atoms with E-state index in [4.69, 9.17) is 0 Å². The van der Waals surface area contributed by atoms with Gasteiger partial charge in [-0.25, -0.2) is 13.2 Å². The van der Waals surface area contributed by atoms with Crippen molar-refractivity contribution in [1.29, 1.82) is 0 Å². The molecule has 0 unspecified atom stereocenters. The van der Waals surface area contributed by atoms with Crippen LogP contribution in [0.3, 0.4) is 0 Å². The Kier molecular flexibility index (Phi) is 2.82. The molecule has 0 amide bonds. The molecule has 1 N–H and O–H groups in total. The van der Waals surface area contributed by atoms with Crippen LogP contribution in [-0.2, 0) is 0 Å². The van der Waals surface area contributed by atoms with Crippen molar-refractivity contribution in [3.05, 3.63) is 71.2 Å². The van der Waals surface area contributed by atoms with Crippen molar-refractivity contribution in [3.63, 3.8) is 0 Å². The van der Waals surface area contributed by atoms with E-state index >= 15 is 0 Å². The molecule has 3 aromatic rings. The molecule has 0 aliphatic heterocycles. The van der Waals surface area contributed by atoms with Crippen LogP contribution >= 0.6 is 0 Å². The number of H-pyrrole nitrogens is 1. The molecule has 1 aromatic heterocycles. The molecule has 0 fully saturated rings. The van der Waals surface area contributed by atoms with Gasteiger partial charge in [-0.3, -0.25) is 4.79 Å². The number of benzene rings is 2. The summed E-state index contributed by atoms with van der Waals surface area (Å²) in [6, 6.07) is 6.54. The molecule has 0 saturated carbocycles. The predicted molar refractivity (Wildman–Crippen MR) is 68.0 cm³/mol. The van der Waals surface area contributed by atoms with Gasteiger partial charge in [-0.1, -0.05) is 0 Å². The lowest BCUT2D eigenvalue weighted by atomic mass is 10.0. The number of nitrogens with one attached hydrogen (secondary N) is 1. The Balaban J connectivity index is 2.15. The number of aromatic amines is 1. The lowest BCUT2D eigenvalue weighted by molar-refractivity contribution is 0.103. The zero-order valence-corrected chi connectivity index (χ0v) is 10.1. The molecule has 0 atom stereocenters. The van der Waals surface area contributed by atoms with Gasteiger partial charge < -0.3 is 4.98 Å². The second kappa shape index (κ2) is 4.52. The van der Waals surface area contributed by atoms with E-state index in [1.165, 1.54) is 24.4 Å². The minimum absolute atomic E-state index is 0.118. The Morgan fingerprint density at radius 1 is 0.900 bits per heavy atom. The molecule has 0 bridgehead atoms. The maximum Gasteiger partial charge on any atom is 0.195 e. The van der Waals surface area contributed by atoms with Crippen molar-refractivity contribution in [2.45, 2.75) is 0 Å². The van der Waals surface area contributed by atoms with Crippen molar-refractivity contribution in [2.75, 3.05) is 0 Å². The third-order valence-corrected chi connectivity index (χ3v) is 3.01. The fourth-order valence-corrected chi connectivity index (χ4v) is 2.12. The van der Waals surface area contributed by atoms with Gasteiger partial charge in [0, 0.05) is 34.3 Å². The Morgan fingerprint density at radius 3 is 2.30 bits per heavy atom. The lowest BCUT2D eigenvalue weighted by Crippen LogP contribution is -2.02. The lowest BCUT2D eigenvalue weighted by Gasteiger charge is -2.01. The molecular weight excluding hydrogens is 267 g/mol. The predicted octanol–water partition coefficient (Wildman–Crippen LogP) is 3.82. The quantitative estimate of drug-likeness (QED) is 0.709. The summed E-state index contributed by atoms with van der Waals surface area (Å²) in [4.78, 5) is 15.1. The summed E-state index contributed by atoms with van der Waals surface area (Å²) in [5.41, 5.74) is 0.629. The highest BCUT2D eigenvalue weighted by molar-refractivity contribution is 6.16. The van der Waals surface area contributed by atoms with Crippen molar-refractivity contribution >= 4 is 16.7 Å². The van der Waals surface area contributed by atoms with E-state index in [-0.39, 0.29) is 11.1 Å². The summed E-state index contributed by atoms with van der Waals surface area (Å²) in [5.74, 6) is -2.73. The van der Waals surface area contributed by atoms with Crippen LogP contribution in [0.1, 0.15) is 15.9 Å². The molecule has 1 heterocycles. The van der Waals surface area contributed by atoms with E-state index in [0.717, 1.165) is 12.1 Å². The van der Waals surface area contributed by atoms with Crippen LogP contribution in [0.15, 0.2) is 42.6 Å². The Bertz CT molecular complexity index is 803. The van der Waals surface area contributed by atoms with Crippen molar-refractivity contribution < 1.29 is 18.0 Å². The first kappa shape index (κ1) is 12.5. The summed E-state index contributed by atoms with van der Waals surface area (Å²) in [6.07, 6.45) is 1.40. The SMILES string of the molecule is O=C(c1cc(F)cc(F)c1)c1c[nH]c2ccc(F)cc12. The van der Waals surface area contributed by atoms with Gasteiger partial charge in [0.1, 0.15) is 17.5 Å². The minimum atomic E-state index is -0.834. The minimum Gasteiger partial charge on any atom is -0.360 e. The number of hydrogen-bond acceptors (Lipinski definition) is 1. The zero-order valence-electron chi connectivity index (χ0n) is 10.1. The van der Waals surface area contributed by atoms with Gasteiger partial charge in [0.05, 0.1) is 0 Å². The van der Waals surface area contributed by atoms with E-state index in [1.807, 2.05) is 0 Å². The van der Waals surface area contributed by atoms with E-state index in [1.54, 1.807) is 0 Å². The van der Waals surface area contributed by atoms with Gasteiger partial charge in [0.15, 0.2) is 5.78 Å². The van der Waals surface area contributed by atoms with Gasteiger partial charge in [0.2, 0.25) is 0 Å². The highest BCUT2D eigenvalue weighted by Crippen LogP contribution is 2.22. The highest BCUT2D eigenvalue weighted by Gasteiger charge is 2.16. The van der Waals surface area contributed by atoms with Gasteiger partial charge in [-0.15, -0.1) is 0 Å². The second-order valence-electron chi connectivity index (χ2n) is 4.38. The molecule has 0 saturated heterocycles. The maximum absolute atomic E-state index is 13.2. The van der Waals surface area contributed by atoms with Crippen LogP contribution < -0.4 is 0 Å². The van der Waals surface area contributed by atoms with E-state index in [9.17, 15) is 18.0 Å². The maximum atomic E-state index is 13.2. The van der Waals surface area contributed by atoms with Crippen LogP contribution in [0, 0.1) is 17.5 Å². The topological polar surface area (TPSA) is 32.9 Å². The number of hydrogen-bond donors (Lipinski definition) is 1. The second-order valence-corrected chi connectivity index (χ2v) is 4.38. The molecule has 0 aliphatic rings. The largest absolute Gasteiger partial charge is 0.360 e. The van der Waals surface area contributed by atoms with E-state index in [2.05, 4.69) is 4.98 Å². The number of halogens is 3. The molecule has 0 spiro atoms. The van der Waals surface area contributed by atoms with Crippen LogP contribution in [0.25, 0.3) is 10.9 Å². The zero-order chi connectivity index (χ0) is 14.3. The first-order valence-electron chi connectivity index (χ1n) is 5.82. The number of rotatable bonds is 2. The Hall–Kier alpha value is -2.56. The van der Waals surface area contributed by atoms with Gasteiger partial charge in [-0.2, -0.15) is 0 Å². The first-order valence-corrected chi connectivity index (χ1v) is 5.82. The third-order valence-electron chi connectivity index (χ3n) is 3.01. The number of carbonyl (C=O) groups is 1. The Morgan fingerprint density at radius 2 is 1.60 bits per heavy atom.